The first kappa shape index (κ1) is 28.6. The van der Waals surface area contributed by atoms with Crippen molar-refractivity contribution in [1.82, 2.24) is 0 Å². The van der Waals surface area contributed by atoms with E-state index in [0.29, 0.717) is 0 Å². The molecule has 1 unspecified atom stereocenters. The average Bonchev–Trinajstić information content (AvgIpc) is 2.52. The minimum Gasteiger partial charge on any atom is -1.00 e. The first-order valence-corrected chi connectivity index (χ1v) is 9.14. The van der Waals surface area contributed by atoms with Crippen LogP contribution < -0.4 is 51.4 Å². The second kappa shape index (κ2) is 13.6. The first-order chi connectivity index (χ1) is 11.9. The molecule has 0 aliphatic carbocycles. The molecule has 0 aromatic heterocycles. The number of rotatable bonds is 11. The second-order valence-electron chi connectivity index (χ2n) is 5.74. The van der Waals surface area contributed by atoms with E-state index in [1.807, 2.05) is 0 Å². The van der Waals surface area contributed by atoms with E-state index in [-0.39, 0.29) is 77.0 Å². The van der Waals surface area contributed by atoms with Crippen molar-refractivity contribution < 1.29 is 94.4 Å². The summed E-state index contributed by atoms with van der Waals surface area (Å²) in [4.78, 5) is 35.0. The summed E-state index contributed by atoms with van der Waals surface area (Å²) in [7, 11) is -4.23. The Hall–Kier alpha value is -0.564. The van der Waals surface area contributed by atoms with Gasteiger partial charge in [-0.15, -0.1) is 0 Å². The average molecular weight is 433 g/mol. The fraction of sp³-hybridized carbons (Fsp3) is 0.562. The van der Waals surface area contributed by atoms with Crippen molar-refractivity contribution >= 4 is 28.0 Å². The zero-order chi connectivity index (χ0) is 20.5. The molecule has 0 fully saturated rings. The minimum atomic E-state index is -4.23. The number of esters is 3. The number of carbonyl (C=O) groups is 3. The van der Waals surface area contributed by atoms with Gasteiger partial charge in [0.15, 0.2) is 0 Å². The van der Waals surface area contributed by atoms with Crippen LogP contribution in [0.2, 0.25) is 0 Å². The molecule has 1 N–H and O–H groups in total. The van der Waals surface area contributed by atoms with Gasteiger partial charge in [0.1, 0.15) is 19.1 Å². The fourth-order valence-electron chi connectivity index (χ4n) is 1.38. The topological polar surface area (TPSA) is 133 Å². The molecule has 0 rings (SSSR count). The largest absolute Gasteiger partial charge is 1.00 e. The molecule has 0 radical (unpaired) electrons. The molecule has 9 nitrogen and oxygen atoms in total. The molecule has 0 spiro atoms. The van der Waals surface area contributed by atoms with E-state index in [1.54, 1.807) is 0 Å². The SMILES string of the molecule is C=C(C)C(=O)OCC(COC(=O)C(=C)C)C(=O)OCCC(C)S(=O)(=O)O.[H-].[K+]. The number of carbonyl (C=O) groups excluding carboxylic acids is 3. The van der Waals surface area contributed by atoms with Gasteiger partial charge in [-0.3, -0.25) is 9.35 Å². The molecule has 27 heavy (non-hydrogen) atoms. The van der Waals surface area contributed by atoms with Crippen molar-refractivity contribution in [3.63, 3.8) is 0 Å². The van der Waals surface area contributed by atoms with Gasteiger partial charge in [0.25, 0.3) is 10.1 Å². The zero-order valence-electron chi connectivity index (χ0n) is 17.0. The van der Waals surface area contributed by atoms with E-state index >= 15 is 0 Å². The molecule has 1 atom stereocenters. The van der Waals surface area contributed by atoms with Crippen LogP contribution in [0, 0.1) is 5.92 Å². The van der Waals surface area contributed by atoms with Crippen molar-refractivity contribution in [2.75, 3.05) is 19.8 Å². The van der Waals surface area contributed by atoms with E-state index in [0.717, 1.165) is 0 Å². The van der Waals surface area contributed by atoms with Gasteiger partial charge in [0.05, 0.1) is 11.9 Å². The molecule has 0 aromatic carbocycles. The van der Waals surface area contributed by atoms with Crippen molar-refractivity contribution in [3.05, 3.63) is 24.3 Å². The Labute approximate surface area is 203 Å². The predicted octanol–water partition coefficient (Wildman–Crippen LogP) is -1.83. The van der Waals surface area contributed by atoms with Crippen molar-refractivity contribution in [2.45, 2.75) is 32.4 Å². The summed E-state index contributed by atoms with van der Waals surface area (Å²) in [5.41, 5.74) is 0.246. The van der Waals surface area contributed by atoms with Crippen LogP contribution in [0.25, 0.3) is 0 Å². The standard InChI is InChI=1S/C16H24O9S.K.H/c1-10(2)14(17)24-8-13(9-25-15(18)11(3)4)16(19)23-7-6-12(5)26(20,21)22;;/h12-13H,1,3,6-9H2,2,4-5H3,(H,20,21,22);;/q;+1;-1. The molecule has 150 valence electrons. The van der Waals surface area contributed by atoms with Gasteiger partial charge in [-0.1, -0.05) is 13.2 Å². The molecule has 0 aromatic rings. The van der Waals surface area contributed by atoms with Gasteiger partial charge < -0.3 is 15.6 Å². The van der Waals surface area contributed by atoms with Crippen LogP contribution in [0.5, 0.6) is 0 Å². The van der Waals surface area contributed by atoms with Crippen LogP contribution in [0.15, 0.2) is 24.3 Å². The molecule has 0 heterocycles. The van der Waals surface area contributed by atoms with Gasteiger partial charge in [-0.2, -0.15) is 8.42 Å². The molecule has 0 amide bonds. The molecule has 0 aliphatic rings. The Morgan fingerprint density at radius 1 is 1.00 bits per heavy atom. The van der Waals surface area contributed by atoms with E-state index in [4.69, 9.17) is 18.8 Å². The van der Waals surface area contributed by atoms with E-state index in [9.17, 15) is 22.8 Å². The van der Waals surface area contributed by atoms with E-state index in [2.05, 4.69) is 13.2 Å². The van der Waals surface area contributed by atoms with Crippen molar-refractivity contribution in [2.24, 2.45) is 5.92 Å². The van der Waals surface area contributed by atoms with Crippen LogP contribution in [0.3, 0.4) is 0 Å². The maximum Gasteiger partial charge on any atom is 1.00 e. The van der Waals surface area contributed by atoms with Crippen LogP contribution >= 0.6 is 0 Å². The van der Waals surface area contributed by atoms with Crippen LogP contribution in [0.4, 0.5) is 0 Å². The van der Waals surface area contributed by atoms with Crippen molar-refractivity contribution in [1.29, 1.82) is 0 Å². The Bertz CT molecular complexity index is 646. The molecule has 0 bridgehead atoms. The Balaban J connectivity index is -0.00000312. The molecule has 0 saturated carbocycles. The van der Waals surface area contributed by atoms with Crippen LogP contribution in [0.1, 0.15) is 28.6 Å². The normalized spacial score (nSPS) is 11.7. The van der Waals surface area contributed by atoms with Crippen LogP contribution in [-0.2, 0) is 38.7 Å². The molecule has 0 saturated heterocycles. The zero-order valence-corrected chi connectivity index (χ0v) is 20.0. The third-order valence-corrected chi connectivity index (χ3v) is 4.39. The van der Waals surface area contributed by atoms with Gasteiger partial charge in [-0.25, -0.2) is 9.59 Å². The summed E-state index contributed by atoms with van der Waals surface area (Å²) in [6, 6.07) is 0. The smallest absolute Gasteiger partial charge is 1.00 e. The summed E-state index contributed by atoms with van der Waals surface area (Å²) in [5, 5.41) is -1.11. The quantitative estimate of drug-likeness (QED) is 0.131. The Morgan fingerprint density at radius 3 is 1.74 bits per heavy atom. The Kier molecular flexibility index (Phi) is 14.4. The Morgan fingerprint density at radius 2 is 1.41 bits per heavy atom. The molecule has 11 heteroatoms. The number of ether oxygens (including phenoxy) is 3. The summed E-state index contributed by atoms with van der Waals surface area (Å²) in [6.07, 6.45) is -0.131. The second-order valence-corrected chi connectivity index (χ2v) is 7.57. The molecular formula is C16H25KO9S. The van der Waals surface area contributed by atoms with Gasteiger partial charge in [0, 0.05) is 17.6 Å². The first-order valence-electron chi connectivity index (χ1n) is 7.64. The molecular weight excluding hydrogens is 407 g/mol. The fourth-order valence-corrected chi connectivity index (χ4v) is 1.77. The van der Waals surface area contributed by atoms with E-state index < -0.39 is 52.4 Å². The summed E-state index contributed by atoms with van der Waals surface area (Å²) < 4.78 is 45.3. The van der Waals surface area contributed by atoms with Crippen LogP contribution in [-0.4, -0.2) is 55.9 Å². The third kappa shape index (κ3) is 12.5. The third-order valence-electron chi connectivity index (χ3n) is 3.14. The molecule has 0 aliphatic heterocycles. The number of hydrogen-bond donors (Lipinski definition) is 1. The monoisotopic (exact) mass is 432 g/mol. The van der Waals surface area contributed by atoms with Gasteiger partial charge >= 0.3 is 69.3 Å². The summed E-state index contributed by atoms with van der Waals surface area (Å²) in [5.74, 6) is -3.41. The van der Waals surface area contributed by atoms with Crippen molar-refractivity contribution in [3.8, 4) is 0 Å². The summed E-state index contributed by atoms with van der Waals surface area (Å²) in [6.45, 7) is 9.78. The van der Waals surface area contributed by atoms with E-state index in [1.165, 1.54) is 20.8 Å². The van der Waals surface area contributed by atoms with Gasteiger partial charge in [-0.05, 0) is 20.8 Å². The maximum atomic E-state index is 12.1. The van der Waals surface area contributed by atoms with Gasteiger partial charge in [0.2, 0.25) is 0 Å². The maximum absolute atomic E-state index is 12.1. The number of hydrogen-bond acceptors (Lipinski definition) is 8. The minimum absolute atomic E-state index is 0. The predicted molar refractivity (Wildman–Crippen MR) is 92.7 cm³/mol. The summed E-state index contributed by atoms with van der Waals surface area (Å²) >= 11 is 0.